The van der Waals surface area contributed by atoms with Crippen molar-refractivity contribution >= 4 is 16.5 Å². The third-order valence-corrected chi connectivity index (χ3v) is 3.49. The Labute approximate surface area is 116 Å². The highest BCUT2D eigenvalue weighted by atomic mass is 32.1. The maximum atomic E-state index is 12.4. The molecule has 19 heavy (non-hydrogen) atoms. The Morgan fingerprint density at radius 3 is 2.74 bits per heavy atom. The van der Waals surface area contributed by atoms with Gasteiger partial charge in [0.15, 0.2) is 5.13 Å². The van der Waals surface area contributed by atoms with Gasteiger partial charge in [-0.05, 0) is 18.4 Å². The summed E-state index contributed by atoms with van der Waals surface area (Å²) in [7, 11) is 0. The third kappa shape index (κ3) is 2.84. The SMILES string of the molecule is CCCn1nc(C(C)C)cc(-c2csc(N)n2)c1=O. The Morgan fingerprint density at radius 1 is 1.47 bits per heavy atom. The van der Waals surface area contributed by atoms with Crippen LogP contribution in [-0.2, 0) is 6.54 Å². The van der Waals surface area contributed by atoms with E-state index < -0.39 is 0 Å². The molecule has 2 heterocycles. The van der Waals surface area contributed by atoms with Crippen LogP contribution in [0, 0.1) is 0 Å². The number of nitrogens with two attached hydrogens (primary N) is 1. The van der Waals surface area contributed by atoms with E-state index in [1.54, 1.807) is 0 Å². The first kappa shape index (κ1) is 13.7. The lowest BCUT2D eigenvalue weighted by Gasteiger charge is -2.10. The van der Waals surface area contributed by atoms with Gasteiger partial charge < -0.3 is 5.73 Å². The molecule has 2 rings (SSSR count). The summed E-state index contributed by atoms with van der Waals surface area (Å²) < 4.78 is 1.53. The lowest BCUT2D eigenvalue weighted by atomic mass is 10.1. The molecule has 0 fully saturated rings. The number of thiazole rings is 1. The summed E-state index contributed by atoms with van der Waals surface area (Å²) >= 11 is 1.34. The Morgan fingerprint density at radius 2 is 2.21 bits per heavy atom. The van der Waals surface area contributed by atoms with Gasteiger partial charge in [0, 0.05) is 11.9 Å². The molecule has 0 radical (unpaired) electrons. The van der Waals surface area contributed by atoms with Crippen LogP contribution >= 0.6 is 11.3 Å². The normalized spacial score (nSPS) is 11.2. The minimum absolute atomic E-state index is 0.100. The number of hydrogen-bond acceptors (Lipinski definition) is 5. The quantitative estimate of drug-likeness (QED) is 0.932. The van der Waals surface area contributed by atoms with E-state index in [-0.39, 0.29) is 11.5 Å². The highest BCUT2D eigenvalue weighted by Gasteiger charge is 2.14. The van der Waals surface area contributed by atoms with Crippen LogP contribution in [0.3, 0.4) is 0 Å². The van der Waals surface area contributed by atoms with Crippen LogP contribution < -0.4 is 11.3 Å². The maximum absolute atomic E-state index is 12.4. The highest BCUT2D eigenvalue weighted by molar-refractivity contribution is 7.13. The maximum Gasteiger partial charge on any atom is 0.276 e. The molecule has 2 aromatic heterocycles. The Bertz CT molecular complexity index is 630. The molecular weight excluding hydrogens is 260 g/mol. The molecule has 5 nitrogen and oxygen atoms in total. The number of rotatable bonds is 4. The highest BCUT2D eigenvalue weighted by Crippen LogP contribution is 2.22. The molecule has 0 aliphatic rings. The Hall–Kier alpha value is -1.69. The van der Waals surface area contributed by atoms with Crippen molar-refractivity contribution in [3.05, 3.63) is 27.5 Å². The van der Waals surface area contributed by atoms with Gasteiger partial charge in [0.2, 0.25) is 0 Å². The predicted molar refractivity (Wildman–Crippen MR) is 78.4 cm³/mol. The van der Waals surface area contributed by atoms with Gasteiger partial charge >= 0.3 is 0 Å². The fourth-order valence-electron chi connectivity index (χ4n) is 1.80. The van der Waals surface area contributed by atoms with Crippen molar-refractivity contribution in [2.75, 3.05) is 5.73 Å². The van der Waals surface area contributed by atoms with Crippen LogP contribution in [0.4, 0.5) is 5.13 Å². The number of nitrogens with zero attached hydrogens (tertiary/aromatic N) is 3. The first-order valence-electron chi connectivity index (χ1n) is 6.36. The summed E-state index contributed by atoms with van der Waals surface area (Å²) in [6, 6.07) is 1.83. The second-order valence-electron chi connectivity index (χ2n) is 4.74. The molecule has 0 atom stereocenters. The van der Waals surface area contributed by atoms with E-state index in [1.807, 2.05) is 18.4 Å². The largest absolute Gasteiger partial charge is 0.375 e. The molecule has 0 spiro atoms. The third-order valence-electron chi connectivity index (χ3n) is 2.82. The summed E-state index contributed by atoms with van der Waals surface area (Å²) in [5.74, 6) is 0.262. The first-order chi connectivity index (χ1) is 9.02. The molecule has 2 N–H and O–H groups in total. The van der Waals surface area contributed by atoms with E-state index in [2.05, 4.69) is 23.9 Å². The zero-order chi connectivity index (χ0) is 14.0. The van der Waals surface area contributed by atoms with Gasteiger partial charge in [0.25, 0.3) is 5.56 Å². The van der Waals surface area contributed by atoms with Crippen molar-refractivity contribution in [3.63, 3.8) is 0 Å². The molecular formula is C13H18N4OS. The van der Waals surface area contributed by atoms with E-state index in [0.717, 1.165) is 12.1 Å². The molecule has 102 valence electrons. The standard InChI is InChI=1S/C13H18N4OS/c1-4-5-17-12(18)9(6-10(16-17)8(2)3)11-7-19-13(14)15-11/h6-8H,4-5H2,1-3H3,(H2,14,15). The summed E-state index contributed by atoms with van der Waals surface area (Å²) in [6.45, 7) is 6.76. The van der Waals surface area contributed by atoms with Crippen molar-refractivity contribution in [1.82, 2.24) is 14.8 Å². The van der Waals surface area contributed by atoms with Crippen molar-refractivity contribution in [2.24, 2.45) is 0 Å². The van der Waals surface area contributed by atoms with Gasteiger partial charge in [0.1, 0.15) is 0 Å². The van der Waals surface area contributed by atoms with Crippen LogP contribution in [0.5, 0.6) is 0 Å². The van der Waals surface area contributed by atoms with Crippen molar-refractivity contribution in [2.45, 2.75) is 39.7 Å². The van der Waals surface area contributed by atoms with Gasteiger partial charge in [0.05, 0.1) is 17.0 Å². The van der Waals surface area contributed by atoms with E-state index >= 15 is 0 Å². The number of aromatic nitrogens is 3. The molecule has 0 unspecified atom stereocenters. The van der Waals surface area contributed by atoms with E-state index in [1.165, 1.54) is 16.0 Å². The summed E-state index contributed by atoms with van der Waals surface area (Å²) in [5.41, 5.74) is 7.66. The smallest absolute Gasteiger partial charge is 0.276 e. The summed E-state index contributed by atoms with van der Waals surface area (Å²) in [4.78, 5) is 16.6. The summed E-state index contributed by atoms with van der Waals surface area (Å²) in [6.07, 6.45) is 0.868. The van der Waals surface area contributed by atoms with Crippen LogP contribution in [0.25, 0.3) is 11.3 Å². The van der Waals surface area contributed by atoms with E-state index in [9.17, 15) is 4.79 Å². The second-order valence-corrected chi connectivity index (χ2v) is 5.63. The summed E-state index contributed by atoms with van der Waals surface area (Å²) in [5, 5.41) is 6.69. The average Bonchev–Trinajstić information content (AvgIpc) is 2.78. The fraction of sp³-hybridized carbons (Fsp3) is 0.462. The second kappa shape index (κ2) is 5.52. The molecule has 0 saturated heterocycles. The van der Waals surface area contributed by atoms with Crippen molar-refractivity contribution in [3.8, 4) is 11.3 Å². The van der Waals surface area contributed by atoms with Crippen LogP contribution in [0.1, 0.15) is 38.8 Å². The molecule has 0 amide bonds. The van der Waals surface area contributed by atoms with Gasteiger partial charge in [-0.25, -0.2) is 9.67 Å². The molecule has 0 aromatic carbocycles. The van der Waals surface area contributed by atoms with Gasteiger partial charge in [-0.1, -0.05) is 20.8 Å². The lowest BCUT2D eigenvalue weighted by molar-refractivity contribution is 0.548. The molecule has 6 heteroatoms. The molecule has 0 bridgehead atoms. The van der Waals surface area contributed by atoms with Crippen LogP contribution in [0.15, 0.2) is 16.2 Å². The van der Waals surface area contributed by atoms with Crippen molar-refractivity contribution in [1.29, 1.82) is 0 Å². The van der Waals surface area contributed by atoms with E-state index in [0.29, 0.717) is 22.9 Å². The Kier molecular flexibility index (Phi) is 3.99. The van der Waals surface area contributed by atoms with Crippen LogP contribution in [0.2, 0.25) is 0 Å². The minimum atomic E-state index is -0.100. The fourth-order valence-corrected chi connectivity index (χ4v) is 2.37. The number of nitrogen functional groups attached to an aromatic ring is 1. The zero-order valence-corrected chi connectivity index (χ0v) is 12.2. The monoisotopic (exact) mass is 278 g/mol. The van der Waals surface area contributed by atoms with Gasteiger partial charge in [-0.3, -0.25) is 4.79 Å². The van der Waals surface area contributed by atoms with E-state index in [4.69, 9.17) is 5.73 Å². The number of hydrogen-bond donors (Lipinski definition) is 1. The average molecular weight is 278 g/mol. The lowest BCUT2D eigenvalue weighted by Crippen LogP contribution is -2.26. The minimum Gasteiger partial charge on any atom is -0.375 e. The molecule has 0 aliphatic heterocycles. The predicted octanol–water partition coefficient (Wildman–Crippen LogP) is 2.48. The molecule has 0 aliphatic carbocycles. The number of anilines is 1. The zero-order valence-electron chi connectivity index (χ0n) is 11.4. The molecule has 2 aromatic rings. The number of aryl methyl sites for hydroxylation is 1. The Balaban J connectivity index is 2.61. The van der Waals surface area contributed by atoms with Gasteiger partial charge in [-0.15, -0.1) is 11.3 Å². The molecule has 0 saturated carbocycles. The first-order valence-corrected chi connectivity index (χ1v) is 7.24. The van der Waals surface area contributed by atoms with Crippen LogP contribution in [-0.4, -0.2) is 14.8 Å². The van der Waals surface area contributed by atoms with Crippen molar-refractivity contribution < 1.29 is 0 Å². The van der Waals surface area contributed by atoms with Gasteiger partial charge in [-0.2, -0.15) is 5.10 Å². The topological polar surface area (TPSA) is 73.8 Å².